The van der Waals surface area contributed by atoms with Crippen LogP contribution in [-0.2, 0) is 0 Å². The van der Waals surface area contributed by atoms with Crippen molar-refractivity contribution in [3.63, 3.8) is 0 Å². The van der Waals surface area contributed by atoms with Crippen LogP contribution in [0.4, 0.5) is 0 Å². The van der Waals surface area contributed by atoms with Gasteiger partial charge in [0.2, 0.25) is 0 Å². The largest absolute Gasteiger partial charge is 0.294 e. The van der Waals surface area contributed by atoms with Crippen molar-refractivity contribution >= 4 is 43.9 Å². The minimum absolute atomic E-state index is 0.857. The third-order valence-electron chi connectivity index (χ3n) is 7.82. The van der Waals surface area contributed by atoms with E-state index in [1.54, 1.807) is 0 Å². The van der Waals surface area contributed by atoms with Crippen LogP contribution in [0.15, 0.2) is 121 Å². The lowest BCUT2D eigenvalue weighted by Crippen LogP contribution is -2.01. The van der Waals surface area contributed by atoms with Gasteiger partial charge in [0, 0.05) is 32.8 Å². The molecule has 190 valence electrons. The molecule has 4 aromatic carbocycles. The number of para-hydroxylation sites is 1. The average Bonchev–Trinajstić information content (AvgIpc) is 3.48. The molecule has 0 aliphatic carbocycles. The number of aromatic nitrogens is 4. The summed E-state index contributed by atoms with van der Waals surface area (Å²) in [7, 11) is 0. The number of nitrogens with zero attached hydrogens (tertiary/aromatic N) is 4. The maximum absolute atomic E-state index is 5.45. The Kier molecular flexibility index (Phi) is 4.92. The average molecular weight is 515 g/mol. The van der Waals surface area contributed by atoms with Gasteiger partial charge in [-0.25, -0.2) is 9.97 Å². The molecule has 0 saturated heterocycles. The van der Waals surface area contributed by atoms with Crippen molar-refractivity contribution < 1.29 is 0 Å². The molecular formula is C36H26N4. The zero-order valence-electron chi connectivity index (χ0n) is 22.3. The smallest absolute Gasteiger partial charge is 0.149 e. The zero-order chi connectivity index (χ0) is 26.8. The van der Waals surface area contributed by atoms with Crippen LogP contribution in [0.5, 0.6) is 0 Å². The Morgan fingerprint density at radius 1 is 0.475 bits per heavy atom. The summed E-state index contributed by atoms with van der Waals surface area (Å²) in [5.74, 6) is 0.857. The third-order valence-corrected chi connectivity index (χ3v) is 7.82. The van der Waals surface area contributed by atoms with Gasteiger partial charge in [0.15, 0.2) is 0 Å². The van der Waals surface area contributed by atoms with E-state index in [-0.39, 0.29) is 0 Å². The molecule has 0 N–H and O–H groups in total. The van der Waals surface area contributed by atoms with Crippen LogP contribution in [-0.4, -0.2) is 19.1 Å². The van der Waals surface area contributed by atoms with Gasteiger partial charge in [0.1, 0.15) is 17.1 Å². The normalized spacial score (nSPS) is 11.8. The van der Waals surface area contributed by atoms with E-state index in [4.69, 9.17) is 9.97 Å². The van der Waals surface area contributed by atoms with E-state index < -0.39 is 0 Å². The van der Waals surface area contributed by atoms with Crippen molar-refractivity contribution in [1.82, 2.24) is 19.1 Å². The molecule has 0 atom stereocenters. The standard InChI is InChI=1S/C36H26N4/c1-23-16-18-32-27(20-23)29-22-30-28-21-24(2)17-19-33(28)40(34-15-9-14-31(37-34)25-10-5-3-6-11-25)36(30)38-35(29)39(32)26-12-7-4-8-13-26/h3-22H,1-2H3. The van der Waals surface area contributed by atoms with Crippen molar-refractivity contribution in [3.05, 3.63) is 132 Å². The monoisotopic (exact) mass is 514 g/mol. The first-order valence-corrected chi connectivity index (χ1v) is 13.6. The summed E-state index contributed by atoms with van der Waals surface area (Å²) >= 11 is 0. The number of pyridine rings is 2. The molecule has 0 radical (unpaired) electrons. The van der Waals surface area contributed by atoms with Gasteiger partial charge < -0.3 is 0 Å². The number of benzene rings is 4. The summed E-state index contributed by atoms with van der Waals surface area (Å²) in [6.07, 6.45) is 0. The molecule has 4 heterocycles. The van der Waals surface area contributed by atoms with Gasteiger partial charge in [0.05, 0.1) is 16.7 Å². The molecule has 4 aromatic heterocycles. The maximum Gasteiger partial charge on any atom is 0.149 e. The first kappa shape index (κ1) is 22.7. The summed E-state index contributed by atoms with van der Waals surface area (Å²) in [6.45, 7) is 4.30. The molecule has 0 spiro atoms. The van der Waals surface area contributed by atoms with Gasteiger partial charge in [-0.2, -0.15) is 0 Å². The molecule has 0 aliphatic rings. The Hall–Kier alpha value is -5.22. The third kappa shape index (κ3) is 3.39. The SMILES string of the molecule is Cc1ccc2c(c1)c1cc3c4cc(C)ccc4n(-c4cccc(-c5ccccc5)n4)c3nc1n2-c1ccccc1. The van der Waals surface area contributed by atoms with Crippen molar-refractivity contribution in [1.29, 1.82) is 0 Å². The Bertz CT molecular complexity index is 2220. The number of hydrogen-bond acceptors (Lipinski definition) is 2. The summed E-state index contributed by atoms with van der Waals surface area (Å²) in [5.41, 5.74) is 9.70. The van der Waals surface area contributed by atoms with E-state index in [0.717, 1.165) is 55.9 Å². The molecule has 0 unspecified atom stereocenters. The Labute approximate surface area is 231 Å². The molecule has 0 amide bonds. The van der Waals surface area contributed by atoms with Crippen molar-refractivity contribution in [2.75, 3.05) is 0 Å². The zero-order valence-corrected chi connectivity index (χ0v) is 22.3. The lowest BCUT2D eigenvalue weighted by molar-refractivity contribution is 1.05. The fourth-order valence-corrected chi connectivity index (χ4v) is 5.97. The summed E-state index contributed by atoms with van der Waals surface area (Å²) < 4.78 is 4.50. The van der Waals surface area contributed by atoms with E-state index in [9.17, 15) is 0 Å². The molecule has 0 fully saturated rings. The lowest BCUT2D eigenvalue weighted by Gasteiger charge is -2.10. The number of fused-ring (bicyclic) bond motifs is 6. The number of rotatable bonds is 3. The van der Waals surface area contributed by atoms with Crippen LogP contribution < -0.4 is 0 Å². The predicted molar refractivity (Wildman–Crippen MR) is 166 cm³/mol. The highest BCUT2D eigenvalue weighted by Gasteiger charge is 2.20. The lowest BCUT2D eigenvalue weighted by atomic mass is 10.1. The van der Waals surface area contributed by atoms with Gasteiger partial charge >= 0.3 is 0 Å². The van der Waals surface area contributed by atoms with E-state index in [2.05, 4.69) is 138 Å². The molecule has 8 rings (SSSR count). The van der Waals surface area contributed by atoms with E-state index >= 15 is 0 Å². The van der Waals surface area contributed by atoms with Gasteiger partial charge in [-0.05, 0) is 68.4 Å². The van der Waals surface area contributed by atoms with Gasteiger partial charge in [-0.3, -0.25) is 9.13 Å². The summed E-state index contributed by atoms with van der Waals surface area (Å²) in [4.78, 5) is 10.6. The highest BCUT2D eigenvalue weighted by Crippen LogP contribution is 2.38. The number of hydrogen-bond donors (Lipinski definition) is 0. The fraction of sp³-hybridized carbons (Fsp3) is 0.0556. The molecule has 4 heteroatoms. The fourth-order valence-electron chi connectivity index (χ4n) is 5.97. The Morgan fingerprint density at radius 2 is 1.07 bits per heavy atom. The maximum atomic E-state index is 5.45. The van der Waals surface area contributed by atoms with Gasteiger partial charge in [0.25, 0.3) is 0 Å². The molecule has 8 aromatic rings. The van der Waals surface area contributed by atoms with Crippen LogP contribution in [0.3, 0.4) is 0 Å². The topological polar surface area (TPSA) is 35.6 Å². The molecule has 0 aliphatic heterocycles. The summed E-state index contributed by atoms with van der Waals surface area (Å²) in [5, 5.41) is 4.68. The minimum Gasteiger partial charge on any atom is -0.294 e. The van der Waals surface area contributed by atoms with Crippen LogP contribution >= 0.6 is 0 Å². The van der Waals surface area contributed by atoms with Crippen molar-refractivity contribution in [2.45, 2.75) is 13.8 Å². The van der Waals surface area contributed by atoms with Crippen LogP contribution in [0.25, 0.3) is 66.6 Å². The summed E-state index contributed by atoms with van der Waals surface area (Å²) in [6, 6.07) is 42.7. The van der Waals surface area contributed by atoms with E-state index in [1.165, 1.54) is 21.9 Å². The van der Waals surface area contributed by atoms with Crippen LogP contribution in [0, 0.1) is 13.8 Å². The highest BCUT2D eigenvalue weighted by atomic mass is 15.1. The Balaban J connectivity index is 1.51. The first-order valence-electron chi connectivity index (χ1n) is 13.6. The second kappa shape index (κ2) is 8.65. The number of aryl methyl sites for hydroxylation is 2. The minimum atomic E-state index is 0.857. The molecule has 4 nitrogen and oxygen atoms in total. The molecule has 0 bridgehead atoms. The van der Waals surface area contributed by atoms with E-state index in [1.807, 2.05) is 6.07 Å². The van der Waals surface area contributed by atoms with Gasteiger partial charge in [-0.1, -0.05) is 77.9 Å². The van der Waals surface area contributed by atoms with Gasteiger partial charge in [-0.15, -0.1) is 0 Å². The van der Waals surface area contributed by atoms with Crippen LogP contribution in [0.2, 0.25) is 0 Å². The second-order valence-electron chi connectivity index (χ2n) is 10.5. The van der Waals surface area contributed by atoms with Crippen molar-refractivity contribution in [2.24, 2.45) is 0 Å². The van der Waals surface area contributed by atoms with Crippen molar-refractivity contribution in [3.8, 4) is 22.8 Å². The quantitative estimate of drug-likeness (QED) is 0.236. The molecule has 0 saturated carbocycles. The Morgan fingerprint density at radius 3 is 1.75 bits per heavy atom. The highest BCUT2D eigenvalue weighted by molar-refractivity contribution is 6.16. The first-order chi connectivity index (χ1) is 19.7. The molecule has 40 heavy (non-hydrogen) atoms. The van der Waals surface area contributed by atoms with Crippen LogP contribution in [0.1, 0.15) is 11.1 Å². The predicted octanol–water partition coefficient (Wildman–Crippen LogP) is 8.95. The van der Waals surface area contributed by atoms with E-state index in [0.29, 0.717) is 0 Å². The second-order valence-corrected chi connectivity index (χ2v) is 10.5. The molecular weight excluding hydrogens is 488 g/mol.